The van der Waals surface area contributed by atoms with Crippen molar-refractivity contribution in [3.8, 4) is 0 Å². The average Bonchev–Trinajstić information content (AvgIpc) is 3.49. The molecule has 6 rings (SSSR count). The van der Waals surface area contributed by atoms with E-state index in [1.165, 1.54) is 34.5 Å². The topological polar surface area (TPSA) is 59.4 Å². The summed E-state index contributed by atoms with van der Waals surface area (Å²) in [4.78, 5) is 19.5. The summed E-state index contributed by atoms with van der Waals surface area (Å²) < 4.78 is 21.0. The Bertz CT molecular complexity index is 1510. The predicted octanol–water partition coefficient (Wildman–Crippen LogP) is 5.34. The molecule has 0 unspecified atom stereocenters. The molecular weight excluding hydrogens is 467 g/mol. The molecule has 6 nitrogen and oxygen atoms in total. The number of pyridine rings is 1. The SMILES string of the molecule is Cc1ccc(/C=C/CN2CCc3c(c4cc5c(cc4n3C(=O)NCc3ccnc(F)c3)COC5)C2)cc1. The van der Waals surface area contributed by atoms with Gasteiger partial charge in [-0.05, 0) is 59.0 Å². The summed E-state index contributed by atoms with van der Waals surface area (Å²) >= 11 is 0. The van der Waals surface area contributed by atoms with Gasteiger partial charge in [-0.3, -0.25) is 9.47 Å². The number of rotatable bonds is 5. The molecule has 0 saturated carbocycles. The maximum Gasteiger partial charge on any atom is 0.326 e. The Morgan fingerprint density at radius 3 is 2.76 bits per heavy atom. The van der Waals surface area contributed by atoms with E-state index in [2.05, 4.69) is 70.7 Å². The number of carbonyl (C=O) groups excluding carboxylic acids is 1. The molecule has 0 spiro atoms. The second-order valence-corrected chi connectivity index (χ2v) is 9.84. The van der Waals surface area contributed by atoms with Crippen molar-refractivity contribution in [2.24, 2.45) is 0 Å². The molecule has 2 aromatic carbocycles. The van der Waals surface area contributed by atoms with Gasteiger partial charge in [-0.2, -0.15) is 4.39 Å². The summed E-state index contributed by atoms with van der Waals surface area (Å²) in [5, 5.41) is 4.09. The lowest BCUT2D eigenvalue weighted by Crippen LogP contribution is -2.34. The molecule has 0 atom stereocenters. The Morgan fingerprint density at radius 2 is 1.95 bits per heavy atom. The minimum atomic E-state index is -0.553. The lowest BCUT2D eigenvalue weighted by molar-refractivity contribution is 0.134. The highest BCUT2D eigenvalue weighted by Gasteiger charge is 2.28. The number of hydrogen-bond acceptors (Lipinski definition) is 4. The van der Waals surface area contributed by atoms with Gasteiger partial charge >= 0.3 is 6.03 Å². The third-order valence-corrected chi connectivity index (χ3v) is 7.25. The van der Waals surface area contributed by atoms with E-state index in [1.807, 2.05) is 4.57 Å². The highest BCUT2D eigenvalue weighted by Crippen LogP contribution is 2.35. The van der Waals surface area contributed by atoms with Gasteiger partial charge in [0.05, 0.1) is 18.7 Å². The van der Waals surface area contributed by atoms with Crippen molar-refractivity contribution in [1.29, 1.82) is 0 Å². The largest absolute Gasteiger partial charge is 0.372 e. The molecule has 2 aromatic heterocycles. The third-order valence-electron chi connectivity index (χ3n) is 7.25. The minimum absolute atomic E-state index is 0.199. The Labute approximate surface area is 215 Å². The van der Waals surface area contributed by atoms with Crippen LogP contribution < -0.4 is 5.32 Å². The maximum atomic E-state index is 13.5. The van der Waals surface area contributed by atoms with Crippen molar-refractivity contribution in [3.05, 3.63) is 106 Å². The molecule has 2 aliphatic heterocycles. The number of halogens is 1. The fraction of sp³-hybridized carbons (Fsp3) is 0.267. The second kappa shape index (κ2) is 9.92. The van der Waals surface area contributed by atoms with E-state index < -0.39 is 5.95 Å². The Balaban J connectivity index is 1.27. The molecule has 0 aliphatic carbocycles. The molecular formula is C30H29FN4O2. The van der Waals surface area contributed by atoms with Crippen molar-refractivity contribution < 1.29 is 13.9 Å². The van der Waals surface area contributed by atoms with Gasteiger partial charge in [0.15, 0.2) is 0 Å². The van der Waals surface area contributed by atoms with Crippen LogP contribution in [0, 0.1) is 12.9 Å². The zero-order valence-corrected chi connectivity index (χ0v) is 20.8. The molecule has 2 aliphatic rings. The number of nitrogens with zero attached hydrogens (tertiary/aromatic N) is 3. The number of ether oxygens (including phenoxy) is 1. The number of aryl methyl sites for hydroxylation is 1. The van der Waals surface area contributed by atoms with Crippen molar-refractivity contribution in [3.63, 3.8) is 0 Å². The lowest BCUT2D eigenvalue weighted by atomic mass is 10.0. The summed E-state index contributed by atoms with van der Waals surface area (Å²) in [6.07, 6.45) is 6.56. The molecule has 4 aromatic rings. The lowest BCUT2D eigenvalue weighted by Gasteiger charge is -2.27. The molecule has 0 saturated heterocycles. The molecule has 1 N–H and O–H groups in total. The van der Waals surface area contributed by atoms with E-state index in [4.69, 9.17) is 4.74 Å². The van der Waals surface area contributed by atoms with Crippen molar-refractivity contribution in [2.45, 2.75) is 39.6 Å². The highest BCUT2D eigenvalue weighted by atomic mass is 19.1. The van der Waals surface area contributed by atoms with Crippen LogP contribution in [0.4, 0.5) is 9.18 Å². The van der Waals surface area contributed by atoms with Gasteiger partial charge in [0.2, 0.25) is 5.95 Å². The van der Waals surface area contributed by atoms with Gasteiger partial charge < -0.3 is 10.1 Å². The van der Waals surface area contributed by atoms with Crippen molar-refractivity contribution in [1.82, 2.24) is 19.8 Å². The Kier molecular flexibility index (Phi) is 6.32. The zero-order chi connectivity index (χ0) is 25.4. The van der Waals surface area contributed by atoms with E-state index in [0.29, 0.717) is 18.8 Å². The summed E-state index contributed by atoms with van der Waals surface area (Å²) in [6.45, 7) is 5.98. The smallest absolute Gasteiger partial charge is 0.326 e. The summed E-state index contributed by atoms with van der Waals surface area (Å²) in [5.41, 5.74) is 8.60. The number of fused-ring (bicyclic) bond motifs is 4. The van der Waals surface area contributed by atoms with Crippen LogP contribution in [0.3, 0.4) is 0 Å². The fourth-order valence-corrected chi connectivity index (χ4v) is 5.30. The second-order valence-electron chi connectivity index (χ2n) is 9.84. The maximum absolute atomic E-state index is 13.5. The predicted molar refractivity (Wildman–Crippen MR) is 141 cm³/mol. The van der Waals surface area contributed by atoms with Gasteiger partial charge in [0, 0.05) is 49.9 Å². The first-order chi connectivity index (χ1) is 18.0. The molecule has 7 heteroatoms. The number of aromatic nitrogens is 2. The van der Waals surface area contributed by atoms with Crippen LogP contribution in [0.25, 0.3) is 17.0 Å². The number of hydrogen-bond donors (Lipinski definition) is 1. The van der Waals surface area contributed by atoms with Crippen LogP contribution in [0.1, 0.15) is 39.1 Å². The zero-order valence-electron chi connectivity index (χ0n) is 20.8. The normalized spacial score (nSPS) is 15.3. The van der Waals surface area contributed by atoms with E-state index in [-0.39, 0.29) is 12.6 Å². The van der Waals surface area contributed by atoms with Gasteiger partial charge in [-0.1, -0.05) is 42.0 Å². The molecule has 37 heavy (non-hydrogen) atoms. The van der Waals surface area contributed by atoms with Gasteiger partial charge in [-0.15, -0.1) is 0 Å². The first-order valence-corrected chi connectivity index (χ1v) is 12.6. The van der Waals surface area contributed by atoms with E-state index in [0.717, 1.165) is 48.2 Å². The minimum Gasteiger partial charge on any atom is -0.372 e. The fourth-order valence-electron chi connectivity index (χ4n) is 5.30. The monoisotopic (exact) mass is 496 g/mol. The van der Waals surface area contributed by atoms with Crippen LogP contribution >= 0.6 is 0 Å². The third kappa shape index (κ3) is 4.80. The van der Waals surface area contributed by atoms with Crippen molar-refractivity contribution >= 4 is 23.0 Å². The van der Waals surface area contributed by atoms with Crippen molar-refractivity contribution in [2.75, 3.05) is 13.1 Å². The average molecular weight is 497 g/mol. The molecule has 4 heterocycles. The summed E-state index contributed by atoms with van der Waals surface area (Å²) in [7, 11) is 0. The van der Waals surface area contributed by atoms with Crippen LogP contribution in [0.2, 0.25) is 0 Å². The molecule has 0 fully saturated rings. The van der Waals surface area contributed by atoms with Crippen LogP contribution in [-0.4, -0.2) is 33.6 Å². The Morgan fingerprint density at radius 1 is 1.14 bits per heavy atom. The highest BCUT2D eigenvalue weighted by molar-refractivity contribution is 5.96. The van der Waals surface area contributed by atoms with Gasteiger partial charge in [0.25, 0.3) is 0 Å². The standard InChI is InChI=1S/C30H29FN4O2/c1-20-4-6-21(7-5-20)3-2-11-34-12-9-27-26(17-34)25-14-23-18-37-19-24(23)15-28(25)35(27)30(36)33-16-22-8-10-32-29(31)13-22/h2-8,10,13-15H,9,11-12,16-19H2,1H3,(H,33,36)/b3-2+. The first kappa shape index (κ1) is 23.6. The molecule has 1 amide bonds. The molecule has 0 radical (unpaired) electrons. The van der Waals surface area contributed by atoms with Crippen LogP contribution in [0.5, 0.6) is 0 Å². The number of amides is 1. The number of nitrogens with one attached hydrogen (secondary N) is 1. The van der Waals surface area contributed by atoms with E-state index in [1.54, 1.807) is 6.07 Å². The van der Waals surface area contributed by atoms with Crippen LogP contribution in [-0.2, 0) is 37.5 Å². The van der Waals surface area contributed by atoms with E-state index in [9.17, 15) is 9.18 Å². The first-order valence-electron chi connectivity index (χ1n) is 12.6. The summed E-state index contributed by atoms with van der Waals surface area (Å²) in [5.74, 6) is -0.553. The quantitative estimate of drug-likeness (QED) is 0.379. The van der Waals surface area contributed by atoms with Gasteiger partial charge in [-0.25, -0.2) is 9.78 Å². The van der Waals surface area contributed by atoms with Crippen LogP contribution in [0.15, 0.2) is 60.8 Å². The molecule has 188 valence electrons. The number of carbonyl (C=O) groups is 1. The van der Waals surface area contributed by atoms with E-state index >= 15 is 0 Å². The van der Waals surface area contributed by atoms with Gasteiger partial charge in [0.1, 0.15) is 0 Å². The summed E-state index contributed by atoms with van der Waals surface area (Å²) in [6, 6.07) is 15.7. The number of benzene rings is 2. The Hall–Kier alpha value is -3.81. The molecule has 0 bridgehead atoms.